The van der Waals surface area contributed by atoms with Crippen molar-refractivity contribution in [2.75, 3.05) is 43.8 Å². The molecule has 17 nitrogen and oxygen atoms in total. The molecule has 18 heteroatoms. The Kier molecular flexibility index (Phi) is 12.5. The van der Waals surface area contributed by atoms with E-state index in [0.29, 0.717) is 34.0 Å². The van der Waals surface area contributed by atoms with Crippen LogP contribution in [0, 0.1) is 5.92 Å². The van der Waals surface area contributed by atoms with Gasteiger partial charge < -0.3 is 28.8 Å². The standard InChI is InChI=1S/C50H49N7O10S/c1-32(2)44(59)53-47-52-43-40(45(54-47)66-48(60)57(36-17-11-7-12-18-36)37-19-13-8-14-20-37)51-31-55(43)46-41-42(58)49(67-46,29-56(41)68(5,61)62)30-65-50(33-15-9-6-10-16-33,34-21-25-38(63-3)26-22-34)35-23-27-39(64-4)28-24-35/h6-28,31-32,41-42,46,58H,29-30H2,1-5H3,(H,52,53,54,59)/t41-,42+,46-,49-/m1/s1. The summed E-state index contributed by atoms with van der Waals surface area (Å²) in [5.41, 5.74) is 0.125. The minimum atomic E-state index is -4.02. The molecule has 5 aromatic carbocycles. The monoisotopic (exact) mass is 939 g/mol. The topological polar surface area (TPSA) is 197 Å². The molecule has 0 aliphatic carbocycles. The summed E-state index contributed by atoms with van der Waals surface area (Å²) in [6, 6.07) is 40.9. The number of aliphatic hydroxyl groups excluding tert-OH is 1. The molecular weight excluding hydrogens is 891 g/mol. The van der Waals surface area contributed by atoms with E-state index in [-0.39, 0.29) is 36.1 Å². The molecule has 4 heterocycles. The second-order valence-corrected chi connectivity index (χ2v) is 18.7. The van der Waals surface area contributed by atoms with Crippen LogP contribution in [0.4, 0.5) is 22.1 Å². The number of aromatic nitrogens is 4. The van der Waals surface area contributed by atoms with Crippen molar-refractivity contribution < 1.29 is 46.8 Å². The highest BCUT2D eigenvalue weighted by Gasteiger charge is 2.67. The lowest BCUT2D eigenvalue weighted by Gasteiger charge is -2.41. The first-order valence-electron chi connectivity index (χ1n) is 21.7. The van der Waals surface area contributed by atoms with Crippen LogP contribution < -0.4 is 24.4 Å². The summed E-state index contributed by atoms with van der Waals surface area (Å²) in [4.78, 5) is 42.4. The normalized spacial score (nSPS) is 19.2. The Morgan fingerprint density at radius 3 is 1.87 bits per heavy atom. The van der Waals surface area contributed by atoms with Crippen LogP contribution in [0.3, 0.4) is 0 Å². The summed E-state index contributed by atoms with van der Waals surface area (Å²) in [7, 11) is -0.860. The zero-order valence-electron chi connectivity index (χ0n) is 37.8. The van der Waals surface area contributed by atoms with E-state index in [1.165, 1.54) is 20.1 Å². The van der Waals surface area contributed by atoms with Gasteiger partial charge in [0.2, 0.25) is 21.9 Å². The van der Waals surface area contributed by atoms with Gasteiger partial charge in [-0.25, -0.2) is 23.1 Å². The second-order valence-electron chi connectivity index (χ2n) is 16.8. The first-order valence-corrected chi connectivity index (χ1v) is 23.6. The van der Waals surface area contributed by atoms with Crippen molar-refractivity contribution in [3.63, 3.8) is 0 Å². The van der Waals surface area contributed by atoms with Crippen LogP contribution in [0.1, 0.15) is 36.8 Å². The number of hydrogen-bond donors (Lipinski definition) is 2. The Morgan fingerprint density at radius 1 is 0.824 bits per heavy atom. The number of amides is 2. The number of benzene rings is 5. The van der Waals surface area contributed by atoms with Crippen LogP contribution >= 0.6 is 0 Å². The molecular formula is C50H49N7O10S. The third kappa shape index (κ3) is 8.41. The molecule has 2 amide bonds. The molecule has 2 bridgehead atoms. The lowest BCUT2D eigenvalue weighted by atomic mass is 9.79. The fraction of sp³-hybridized carbons (Fsp3) is 0.260. The van der Waals surface area contributed by atoms with Crippen molar-refractivity contribution in [3.8, 4) is 17.4 Å². The molecule has 0 unspecified atom stereocenters. The van der Waals surface area contributed by atoms with Crippen LogP contribution in [-0.4, -0.2) is 101 Å². The number of methoxy groups -OCH3 is 2. The highest BCUT2D eigenvalue weighted by atomic mass is 32.2. The Hall–Kier alpha value is -7.22. The van der Waals surface area contributed by atoms with Gasteiger partial charge in [-0.3, -0.25) is 14.7 Å². The number of nitrogens with one attached hydrogen (secondary N) is 1. The van der Waals surface area contributed by atoms with Gasteiger partial charge in [-0.15, -0.1) is 0 Å². The first-order chi connectivity index (χ1) is 32.8. The smallest absolute Gasteiger partial charge is 0.425 e. The number of rotatable bonds is 15. The largest absolute Gasteiger partial charge is 0.497 e. The van der Waals surface area contributed by atoms with E-state index in [4.69, 9.17) is 23.7 Å². The van der Waals surface area contributed by atoms with Crippen LogP contribution in [0.5, 0.6) is 17.4 Å². The van der Waals surface area contributed by atoms with E-state index in [9.17, 15) is 23.1 Å². The molecule has 2 aliphatic heterocycles. The Balaban J connectivity index is 1.14. The molecule has 9 rings (SSSR count). The fourth-order valence-corrected chi connectivity index (χ4v) is 9.89. The van der Waals surface area contributed by atoms with Gasteiger partial charge in [-0.1, -0.05) is 105 Å². The minimum absolute atomic E-state index is 0.0113. The lowest BCUT2D eigenvalue weighted by molar-refractivity contribution is -0.169. The third-order valence-electron chi connectivity index (χ3n) is 12.2. The number of morpholine rings is 1. The Labute approximate surface area is 392 Å². The second kappa shape index (κ2) is 18.5. The van der Waals surface area contributed by atoms with E-state index < -0.39 is 57.5 Å². The number of nitrogens with zero attached hydrogens (tertiary/aromatic N) is 6. The van der Waals surface area contributed by atoms with Crippen LogP contribution in [0.25, 0.3) is 11.2 Å². The SMILES string of the molecule is COc1ccc(C(OC[C@@]23CN(S(C)(=O)=O)[C@@H]([C@H](n4cnc5c(OC(=O)N(c6ccccc6)c6ccccc6)nc(NC(=O)C(C)C)nc54)O2)[C@@H]3O)(c2ccccc2)c2ccc(OC)cc2)cc1. The number of aliphatic hydroxyl groups is 1. The summed E-state index contributed by atoms with van der Waals surface area (Å²) in [5.74, 6) is -0.194. The summed E-state index contributed by atoms with van der Waals surface area (Å²) in [5, 5.41) is 15.1. The molecule has 2 aromatic heterocycles. The number of imidazole rings is 1. The van der Waals surface area contributed by atoms with Crippen molar-refractivity contribution in [1.29, 1.82) is 0 Å². The number of carbonyl (C=O) groups excluding carboxylic acids is 2. The van der Waals surface area contributed by atoms with Gasteiger partial charge in [-0.2, -0.15) is 14.3 Å². The molecule has 0 spiro atoms. The molecule has 2 saturated heterocycles. The van der Waals surface area contributed by atoms with Crippen LogP contribution in [0.2, 0.25) is 0 Å². The predicted molar refractivity (Wildman–Crippen MR) is 252 cm³/mol. The van der Waals surface area contributed by atoms with Crippen molar-refractivity contribution in [2.24, 2.45) is 5.92 Å². The van der Waals surface area contributed by atoms with Crippen molar-refractivity contribution in [3.05, 3.63) is 163 Å². The summed E-state index contributed by atoms with van der Waals surface area (Å²) in [6.45, 7) is 2.80. The highest BCUT2D eigenvalue weighted by molar-refractivity contribution is 7.88. The van der Waals surface area contributed by atoms with Crippen LogP contribution in [0.15, 0.2) is 146 Å². The maximum atomic E-state index is 14.3. The van der Waals surface area contributed by atoms with E-state index in [2.05, 4.69) is 20.3 Å². The molecule has 2 N–H and O–H groups in total. The number of ether oxygens (including phenoxy) is 5. The van der Waals surface area contributed by atoms with Gasteiger partial charge in [0.15, 0.2) is 17.4 Å². The van der Waals surface area contributed by atoms with Gasteiger partial charge >= 0.3 is 6.09 Å². The molecule has 4 atom stereocenters. The minimum Gasteiger partial charge on any atom is -0.497 e. The van der Waals surface area contributed by atoms with Gasteiger partial charge in [-0.05, 0) is 65.2 Å². The first kappa shape index (κ1) is 45.9. The molecule has 350 valence electrons. The van der Waals surface area contributed by atoms with Gasteiger partial charge in [0, 0.05) is 12.5 Å². The number of carbonyl (C=O) groups is 2. The molecule has 2 fully saturated rings. The van der Waals surface area contributed by atoms with Crippen molar-refractivity contribution in [2.45, 2.75) is 43.4 Å². The molecule has 7 aromatic rings. The maximum absolute atomic E-state index is 14.3. The molecule has 0 radical (unpaired) electrons. The molecule has 68 heavy (non-hydrogen) atoms. The zero-order valence-corrected chi connectivity index (χ0v) is 38.6. The number of anilines is 3. The van der Waals surface area contributed by atoms with E-state index in [0.717, 1.165) is 11.8 Å². The summed E-state index contributed by atoms with van der Waals surface area (Å²) < 4.78 is 61.2. The average molecular weight is 940 g/mol. The quantitative estimate of drug-likeness (QED) is 0.0993. The van der Waals surface area contributed by atoms with Gasteiger partial charge in [0.25, 0.3) is 5.88 Å². The number of hydrogen-bond acceptors (Lipinski definition) is 13. The average Bonchev–Trinajstić information content (AvgIpc) is 4.00. The van der Waals surface area contributed by atoms with E-state index >= 15 is 0 Å². The van der Waals surface area contributed by atoms with Crippen LogP contribution in [-0.2, 0) is 29.9 Å². The van der Waals surface area contributed by atoms with Gasteiger partial charge in [0.05, 0.1) is 50.8 Å². The zero-order chi connectivity index (χ0) is 47.8. The number of para-hydroxylation sites is 2. The molecule has 0 saturated carbocycles. The van der Waals surface area contributed by atoms with Crippen molar-refractivity contribution >= 4 is 50.5 Å². The van der Waals surface area contributed by atoms with E-state index in [1.54, 1.807) is 76.6 Å². The summed E-state index contributed by atoms with van der Waals surface area (Å²) >= 11 is 0. The van der Waals surface area contributed by atoms with Crippen molar-refractivity contribution in [1.82, 2.24) is 23.8 Å². The number of sulfonamides is 1. The fourth-order valence-electron chi connectivity index (χ4n) is 8.78. The lowest BCUT2D eigenvalue weighted by Crippen LogP contribution is -2.51. The predicted octanol–water partition coefficient (Wildman–Crippen LogP) is 7.06. The number of fused-ring (bicyclic) bond motifs is 3. The van der Waals surface area contributed by atoms with Gasteiger partial charge in [0.1, 0.15) is 28.8 Å². The Bertz CT molecular complexity index is 2950. The Morgan fingerprint density at radius 2 is 1.35 bits per heavy atom. The van der Waals surface area contributed by atoms with E-state index in [1.807, 2.05) is 91.0 Å². The maximum Gasteiger partial charge on any atom is 0.425 e. The summed E-state index contributed by atoms with van der Waals surface area (Å²) in [6.07, 6.45) is -1.17. The highest BCUT2D eigenvalue weighted by Crippen LogP contribution is 2.51. The molecule has 2 aliphatic rings. The third-order valence-corrected chi connectivity index (χ3v) is 13.4.